The van der Waals surface area contributed by atoms with Crippen molar-refractivity contribution in [1.29, 1.82) is 0 Å². The molecule has 0 aromatic rings. The van der Waals surface area contributed by atoms with Crippen molar-refractivity contribution < 1.29 is 14.3 Å². The molecule has 3 heteroatoms. The topological polar surface area (TPSA) is 35.5 Å². The van der Waals surface area contributed by atoms with E-state index in [9.17, 15) is 4.79 Å². The molecule has 92 valence electrons. The number of terminal acetylenes is 1. The van der Waals surface area contributed by atoms with E-state index in [1.165, 1.54) is 6.92 Å². The average Bonchev–Trinajstić information content (AvgIpc) is 2.16. The molecule has 0 rings (SSSR count). The quantitative estimate of drug-likeness (QED) is 0.515. The number of carbonyl (C=O) groups is 1. The number of ether oxygens (including phenoxy) is 2. The summed E-state index contributed by atoms with van der Waals surface area (Å²) < 4.78 is 10.4. The lowest BCUT2D eigenvalue weighted by molar-refractivity contribution is -0.150. The van der Waals surface area contributed by atoms with Crippen LogP contribution in [0.3, 0.4) is 0 Å². The van der Waals surface area contributed by atoms with Gasteiger partial charge in [-0.05, 0) is 40.0 Å². The number of carbonyl (C=O) groups excluding carboxylic acids is 1. The van der Waals surface area contributed by atoms with Crippen LogP contribution in [0.25, 0.3) is 0 Å². The van der Waals surface area contributed by atoms with Crippen LogP contribution in [0.4, 0.5) is 0 Å². The molecule has 0 bridgehead atoms. The summed E-state index contributed by atoms with van der Waals surface area (Å²) in [5, 5.41) is 0. The van der Waals surface area contributed by atoms with Gasteiger partial charge in [-0.15, -0.1) is 6.42 Å². The molecule has 0 aliphatic rings. The summed E-state index contributed by atoms with van der Waals surface area (Å²) in [5.41, 5.74) is -0.957. The van der Waals surface area contributed by atoms with Crippen molar-refractivity contribution in [3.63, 3.8) is 0 Å². The number of esters is 1. The Hall–Kier alpha value is -1.01. The van der Waals surface area contributed by atoms with E-state index >= 15 is 0 Å². The molecule has 0 saturated heterocycles. The van der Waals surface area contributed by atoms with E-state index in [1.54, 1.807) is 14.0 Å². The van der Waals surface area contributed by atoms with E-state index in [0.717, 1.165) is 12.8 Å². The minimum Gasteiger partial charge on any atom is -0.446 e. The Balaban J connectivity index is 4.17. The molecule has 0 aromatic carbocycles. The first-order valence-corrected chi connectivity index (χ1v) is 5.47. The van der Waals surface area contributed by atoms with E-state index in [-0.39, 0.29) is 11.6 Å². The zero-order valence-corrected chi connectivity index (χ0v) is 10.9. The van der Waals surface area contributed by atoms with Gasteiger partial charge in [0.15, 0.2) is 5.60 Å². The smallest absolute Gasteiger partial charge is 0.304 e. The Kier molecular flexibility index (Phi) is 5.53. The van der Waals surface area contributed by atoms with E-state index in [1.807, 2.05) is 13.8 Å². The number of methoxy groups -OCH3 is 1. The van der Waals surface area contributed by atoms with Crippen molar-refractivity contribution in [3.8, 4) is 12.3 Å². The lowest BCUT2D eigenvalue weighted by Gasteiger charge is -2.27. The third-order valence-electron chi connectivity index (χ3n) is 2.66. The summed E-state index contributed by atoms with van der Waals surface area (Å²) in [4.78, 5) is 10.9. The summed E-state index contributed by atoms with van der Waals surface area (Å²) in [6.45, 7) is 7.17. The van der Waals surface area contributed by atoms with Crippen LogP contribution in [0.5, 0.6) is 0 Å². The molecule has 0 spiro atoms. The molecule has 1 atom stereocenters. The zero-order chi connectivity index (χ0) is 12.8. The van der Waals surface area contributed by atoms with Gasteiger partial charge in [0.05, 0.1) is 5.60 Å². The second kappa shape index (κ2) is 5.91. The molecule has 0 aliphatic carbocycles. The Morgan fingerprint density at radius 1 is 1.31 bits per heavy atom. The molecule has 0 aromatic heterocycles. The highest BCUT2D eigenvalue weighted by Gasteiger charge is 2.26. The fourth-order valence-corrected chi connectivity index (χ4v) is 1.42. The van der Waals surface area contributed by atoms with Gasteiger partial charge in [-0.3, -0.25) is 4.79 Å². The lowest BCUT2D eigenvalue weighted by atomic mass is 9.94. The normalized spacial score (nSPS) is 15.0. The van der Waals surface area contributed by atoms with Crippen molar-refractivity contribution in [2.75, 3.05) is 7.11 Å². The van der Waals surface area contributed by atoms with Gasteiger partial charge in [-0.25, -0.2) is 0 Å². The zero-order valence-electron chi connectivity index (χ0n) is 10.9. The van der Waals surface area contributed by atoms with Gasteiger partial charge < -0.3 is 9.47 Å². The second-order valence-electron chi connectivity index (χ2n) is 4.79. The Labute approximate surface area is 98.5 Å². The maximum atomic E-state index is 10.9. The highest BCUT2D eigenvalue weighted by atomic mass is 16.6. The first-order chi connectivity index (χ1) is 7.24. The molecule has 3 nitrogen and oxygen atoms in total. The van der Waals surface area contributed by atoms with E-state index in [0.29, 0.717) is 6.42 Å². The summed E-state index contributed by atoms with van der Waals surface area (Å²) in [5.74, 6) is 2.19. The maximum Gasteiger partial charge on any atom is 0.304 e. The third kappa shape index (κ3) is 5.77. The van der Waals surface area contributed by atoms with Crippen molar-refractivity contribution in [3.05, 3.63) is 0 Å². The molecule has 0 saturated carbocycles. The van der Waals surface area contributed by atoms with Gasteiger partial charge in [0.2, 0.25) is 0 Å². The van der Waals surface area contributed by atoms with E-state index in [2.05, 4.69) is 5.92 Å². The van der Waals surface area contributed by atoms with E-state index in [4.69, 9.17) is 15.9 Å². The second-order valence-corrected chi connectivity index (χ2v) is 4.79. The monoisotopic (exact) mass is 226 g/mol. The molecule has 0 N–H and O–H groups in total. The highest BCUT2D eigenvalue weighted by molar-refractivity contribution is 5.67. The number of hydrogen-bond acceptors (Lipinski definition) is 3. The molecule has 0 heterocycles. The average molecular weight is 226 g/mol. The Bertz CT molecular complexity index is 275. The Morgan fingerprint density at radius 3 is 2.25 bits per heavy atom. The van der Waals surface area contributed by atoms with Crippen LogP contribution in [0.15, 0.2) is 0 Å². The van der Waals surface area contributed by atoms with Crippen LogP contribution in [-0.2, 0) is 14.3 Å². The molecule has 0 radical (unpaired) electrons. The van der Waals surface area contributed by atoms with Crippen LogP contribution >= 0.6 is 0 Å². The number of hydrogen-bond donors (Lipinski definition) is 0. The van der Waals surface area contributed by atoms with Crippen molar-refractivity contribution in [2.24, 2.45) is 0 Å². The molecule has 0 fully saturated rings. The van der Waals surface area contributed by atoms with Crippen molar-refractivity contribution in [1.82, 2.24) is 0 Å². The van der Waals surface area contributed by atoms with Crippen LogP contribution < -0.4 is 0 Å². The summed E-state index contributed by atoms with van der Waals surface area (Å²) in [6.07, 6.45) is 7.76. The van der Waals surface area contributed by atoms with Gasteiger partial charge in [0.1, 0.15) is 0 Å². The highest BCUT2D eigenvalue weighted by Crippen LogP contribution is 2.23. The molecule has 1 unspecified atom stereocenters. The first-order valence-electron chi connectivity index (χ1n) is 5.47. The minimum atomic E-state index is -0.796. The van der Waals surface area contributed by atoms with Gasteiger partial charge in [-0.2, -0.15) is 0 Å². The molecule has 0 amide bonds. The van der Waals surface area contributed by atoms with Gasteiger partial charge in [0, 0.05) is 14.0 Å². The predicted molar refractivity (Wildman–Crippen MR) is 63.9 cm³/mol. The van der Waals surface area contributed by atoms with Crippen LogP contribution in [-0.4, -0.2) is 24.3 Å². The maximum absolute atomic E-state index is 10.9. The van der Waals surface area contributed by atoms with Crippen LogP contribution in [0, 0.1) is 12.3 Å². The minimum absolute atomic E-state index is 0.161. The SMILES string of the molecule is C#CC(C)(CCCC(C)(C)OC)OC(C)=O. The third-order valence-corrected chi connectivity index (χ3v) is 2.66. The van der Waals surface area contributed by atoms with Crippen LogP contribution in [0.1, 0.15) is 47.0 Å². The Morgan fingerprint density at radius 2 is 1.88 bits per heavy atom. The summed E-state index contributed by atoms with van der Waals surface area (Å²) in [6, 6.07) is 0. The number of rotatable bonds is 6. The predicted octanol–water partition coefficient (Wildman–Crippen LogP) is 2.54. The van der Waals surface area contributed by atoms with Gasteiger partial charge in [0.25, 0.3) is 0 Å². The largest absolute Gasteiger partial charge is 0.446 e. The summed E-state index contributed by atoms with van der Waals surface area (Å²) >= 11 is 0. The van der Waals surface area contributed by atoms with Crippen LogP contribution in [0.2, 0.25) is 0 Å². The molecular weight excluding hydrogens is 204 g/mol. The van der Waals surface area contributed by atoms with Gasteiger partial charge in [-0.1, -0.05) is 5.92 Å². The van der Waals surface area contributed by atoms with E-state index < -0.39 is 5.60 Å². The van der Waals surface area contributed by atoms with Gasteiger partial charge >= 0.3 is 5.97 Å². The molecule has 0 aliphatic heterocycles. The lowest BCUT2D eigenvalue weighted by Crippen LogP contribution is -2.30. The first kappa shape index (κ1) is 15.0. The standard InChI is InChI=1S/C13H22O3/c1-7-13(5,16-11(2)14)10-8-9-12(3,4)15-6/h1H,8-10H2,2-6H3. The summed E-state index contributed by atoms with van der Waals surface area (Å²) in [7, 11) is 1.69. The fourth-order valence-electron chi connectivity index (χ4n) is 1.42. The fraction of sp³-hybridized carbons (Fsp3) is 0.769. The van der Waals surface area contributed by atoms with Crippen molar-refractivity contribution >= 4 is 5.97 Å². The van der Waals surface area contributed by atoms with Crippen molar-refractivity contribution in [2.45, 2.75) is 58.2 Å². The molecule has 16 heavy (non-hydrogen) atoms. The molecular formula is C13H22O3.